The van der Waals surface area contributed by atoms with Crippen molar-refractivity contribution in [2.45, 2.75) is 38.8 Å². The molecule has 1 N–H and O–H groups in total. The molecule has 3 aromatic carbocycles. The van der Waals surface area contributed by atoms with Gasteiger partial charge in [0.1, 0.15) is 18.4 Å². The molecule has 0 radical (unpaired) electrons. The molecule has 0 bridgehead atoms. The van der Waals surface area contributed by atoms with Crippen LogP contribution in [0.5, 0.6) is 0 Å². The fourth-order valence-corrected chi connectivity index (χ4v) is 4.91. The van der Waals surface area contributed by atoms with Crippen LogP contribution in [0.3, 0.4) is 0 Å². The van der Waals surface area contributed by atoms with Crippen LogP contribution >= 0.6 is 0 Å². The van der Waals surface area contributed by atoms with Gasteiger partial charge in [0.25, 0.3) is 0 Å². The van der Waals surface area contributed by atoms with Crippen LogP contribution in [0, 0.1) is 5.82 Å². The van der Waals surface area contributed by atoms with Crippen LogP contribution in [-0.4, -0.2) is 50.5 Å². The summed E-state index contributed by atoms with van der Waals surface area (Å²) in [6.07, 6.45) is 2.94. The lowest BCUT2D eigenvalue weighted by atomic mass is 10.0. The fourth-order valence-electron chi connectivity index (χ4n) is 4.06. The number of halogens is 1. The number of carbonyl (C=O) groups is 2. The monoisotopic (exact) mass is 539 g/mol. The Morgan fingerprint density at radius 2 is 1.47 bits per heavy atom. The van der Waals surface area contributed by atoms with Crippen molar-refractivity contribution in [1.29, 1.82) is 0 Å². The molecule has 9 heteroatoms. The number of nitrogens with one attached hydrogen (secondary N) is 1. The Balaban J connectivity index is 2.00. The Hall–Kier alpha value is -3.72. The third-order valence-electron chi connectivity index (χ3n) is 6.09. The maximum atomic E-state index is 13.9. The largest absolute Gasteiger partial charge is 0.354 e. The normalized spacial score (nSPS) is 12.0. The molecule has 0 aliphatic carbocycles. The second kappa shape index (κ2) is 13.7. The zero-order chi connectivity index (χ0) is 27.5. The lowest BCUT2D eigenvalue weighted by Crippen LogP contribution is -2.53. The summed E-state index contributed by atoms with van der Waals surface area (Å²) in [6, 6.07) is 22.6. The van der Waals surface area contributed by atoms with E-state index in [2.05, 4.69) is 5.32 Å². The number of carbonyl (C=O) groups excluding carboxylic acids is 2. The molecule has 2 amide bonds. The quantitative estimate of drug-likeness (QED) is 0.331. The number of benzene rings is 3. The van der Waals surface area contributed by atoms with Gasteiger partial charge < -0.3 is 10.2 Å². The predicted octanol–water partition coefficient (Wildman–Crippen LogP) is 4.15. The summed E-state index contributed by atoms with van der Waals surface area (Å²) in [5.74, 6) is -1.37. The Morgan fingerprint density at radius 1 is 0.895 bits per heavy atom. The molecular formula is C29H34FN3O4S. The number of anilines is 1. The molecule has 0 heterocycles. The highest BCUT2D eigenvalue weighted by atomic mass is 32.2. The Bertz CT molecular complexity index is 1290. The molecule has 0 aromatic heterocycles. The molecule has 0 saturated carbocycles. The molecule has 3 aromatic rings. The molecule has 202 valence electrons. The number of unbranched alkanes of at least 4 members (excludes halogenated alkanes) is 1. The van der Waals surface area contributed by atoms with Crippen LogP contribution in [0.4, 0.5) is 10.1 Å². The van der Waals surface area contributed by atoms with Crippen LogP contribution in [0.15, 0.2) is 84.9 Å². The van der Waals surface area contributed by atoms with Gasteiger partial charge in [-0.2, -0.15) is 0 Å². The number of rotatable bonds is 13. The van der Waals surface area contributed by atoms with E-state index in [9.17, 15) is 22.4 Å². The van der Waals surface area contributed by atoms with Gasteiger partial charge in [0.05, 0.1) is 11.9 Å². The minimum atomic E-state index is -3.89. The molecule has 0 aliphatic heterocycles. The van der Waals surface area contributed by atoms with Crippen LogP contribution in [0.1, 0.15) is 30.9 Å². The lowest BCUT2D eigenvalue weighted by molar-refractivity contribution is -0.140. The van der Waals surface area contributed by atoms with Gasteiger partial charge in [-0.1, -0.05) is 74.0 Å². The van der Waals surface area contributed by atoms with Crippen molar-refractivity contribution in [3.05, 3.63) is 102 Å². The molecule has 0 aliphatic rings. The molecule has 38 heavy (non-hydrogen) atoms. The van der Waals surface area contributed by atoms with E-state index in [0.29, 0.717) is 6.54 Å². The number of amides is 2. The first-order chi connectivity index (χ1) is 18.2. The number of hydrogen-bond donors (Lipinski definition) is 1. The van der Waals surface area contributed by atoms with E-state index in [1.54, 1.807) is 0 Å². The zero-order valence-electron chi connectivity index (χ0n) is 21.7. The summed E-state index contributed by atoms with van der Waals surface area (Å²) in [4.78, 5) is 28.8. The van der Waals surface area contributed by atoms with E-state index in [1.807, 2.05) is 67.6 Å². The minimum absolute atomic E-state index is 0.111. The summed E-state index contributed by atoms with van der Waals surface area (Å²) in [5, 5.41) is 2.94. The van der Waals surface area contributed by atoms with Gasteiger partial charge in [0, 0.05) is 19.5 Å². The maximum absolute atomic E-state index is 13.9. The van der Waals surface area contributed by atoms with Crippen molar-refractivity contribution >= 4 is 27.5 Å². The Morgan fingerprint density at radius 3 is 2.03 bits per heavy atom. The van der Waals surface area contributed by atoms with Crippen molar-refractivity contribution in [3.8, 4) is 0 Å². The van der Waals surface area contributed by atoms with Crippen LogP contribution < -0.4 is 9.62 Å². The van der Waals surface area contributed by atoms with Gasteiger partial charge in [-0.3, -0.25) is 13.9 Å². The van der Waals surface area contributed by atoms with Crippen LogP contribution in [0.2, 0.25) is 0 Å². The number of sulfonamides is 1. The molecule has 7 nitrogen and oxygen atoms in total. The zero-order valence-corrected chi connectivity index (χ0v) is 22.5. The molecule has 0 unspecified atom stereocenters. The summed E-state index contributed by atoms with van der Waals surface area (Å²) >= 11 is 0. The Labute approximate surface area is 224 Å². The van der Waals surface area contributed by atoms with E-state index in [4.69, 9.17) is 0 Å². The van der Waals surface area contributed by atoms with Crippen LogP contribution in [-0.2, 0) is 32.6 Å². The van der Waals surface area contributed by atoms with Crippen LogP contribution in [0.25, 0.3) is 0 Å². The van der Waals surface area contributed by atoms with Gasteiger partial charge in [-0.25, -0.2) is 12.8 Å². The van der Waals surface area contributed by atoms with Crippen molar-refractivity contribution < 1.29 is 22.4 Å². The standard InChI is InChI=1S/C29H34FN3O4S/c1-3-4-19-31-29(35)27(20-23-11-7-5-8-12-23)32(21-24-13-9-6-10-14-24)28(34)22-33(38(2,36)37)26-17-15-25(30)16-18-26/h5-18,27H,3-4,19-22H2,1-2H3,(H,31,35)/t27-/m0/s1. The van der Waals surface area contributed by atoms with Crippen molar-refractivity contribution in [2.75, 3.05) is 23.7 Å². The first kappa shape index (κ1) is 28.8. The summed E-state index contributed by atoms with van der Waals surface area (Å²) < 4.78 is 39.8. The highest BCUT2D eigenvalue weighted by molar-refractivity contribution is 7.92. The maximum Gasteiger partial charge on any atom is 0.244 e. The first-order valence-electron chi connectivity index (χ1n) is 12.6. The molecule has 0 fully saturated rings. The Kier molecular flexibility index (Phi) is 10.4. The topological polar surface area (TPSA) is 86.8 Å². The molecule has 3 rings (SSSR count). The average molecular weight is 540 g/mol. The van der Waals surface area contributed by atoms with Crippen molar-refractivity contribution in [3.63, 3.8) is 0 Å². The third kappa shape index (κ3) is 8.41. The smallest absolute Gasteiger partial charge is 0.244 e. The van der Waals surface area contributed by atoms with E-state index in [0.717, 1.165) is 46.7 Å². The van der Waals surface area contributed by atoms with E-state index in [1.165, 1.54) is 17.0 Å². The van der Waals surface area contributed by atoms with Gasteiger partial charge in [0.2, 0.25) is 21.8 Å². The summed E-state index contributed by atoms with van der Waals surface area (Å²) in [5.41, 5.74) is 1.83. The first-order valence-corrected chi connectivity index (χ1v) is 14.4. The highest BCUT2D eigenvalue weighted by Crippen LogP contribution is 2.20. The average Bonchev–Trinajstić information content (AvgIpc) is 2.90. The van der Waals surface area contributed by atoms with E-state index < -0.39 is 34.3 Å². The van der Waals surface area contributed by atoms with Gasteiger partial charge in [-0.05, 0) is 41.8 Å². The summed E-state index contributed by atoms with van der Waals surface area (Å²) in [6.45, 7) is 2.07. The minimum Gasteiger partial charge on any atom is -0.354 e. The lowest BCUT2D eigenvalue weighted by Gasteiger charge is -2.33. The third-order valence-corrected chi connectivity index (χ3v) is 7.23. The van der Waals surface area contributed by atoms with Gasteiger partial charge in [0.15, 0.2) is 0 Å². The van der Waals surface area contributed by atoms with Crippen molar-refractivity contribution in [2.24, 2.45) is 0 Å². The van der Waals surface area contributed by atoms with Gasteiger partial charge in [-0.15, -0.1) is 0 Å². The molecule has 1 atom stereocenters. The number of hydrogen-bond acceptors (Lipinski definition) is 4. The number of nitrogens with zero attached hydrogens (tertiary/aromatic N) is 2. The van der Waals surface area contributed by atoms with E-state index >= 15 is 0 Å². The second-order valence-corrected chi connectivity index (χ2v) is 11.0. The SMILES string of the molecule is CCCCNC(=O)[C@H](Cc1ccccc1)N(Cc1ccccc1)C(=O)CN(c1ccc(F)cc1)S(C)(=O)=O. The highest BCUT2D eigenvalue weighted by Gasteiger charge is 2.32. The molecular weight excluding hydrogens is 505 g/mol. The fraction of sp³-hybridized carbons (Fsp3) is 0.310. The summed E-state index contributed by atoms with van der Waals surface area (Å²) in [7, 11) is -3.89. The van der Waals surface area contributed by atoms with E-state index in [-0.39, 0.29) is 24.6 Å². The molecule has 0 spiro atoms. The predicted molar refractivity (Wildman–Crippen MR) is 147 cm³/mol. The second-order valence-electron chi connectivity index (χ2n) is 9.10. The van der Waals surface area contributed by atoms with Crippen molar-refractivity contribution in [1.82, 2.24) is 10.2 Å². The molecule has 0 saturated heterocycles. The van der Waals surface area contributed by atoms with Gasteiger partial charge >= 0.3 is 0 Å².